The Morgan fingerprint density at radius 2 is 2.10 bits per heavy atom. The molecular formula is C16H24N4. The van der Waals surface area contributed by atoms with Crippen LogP contribution in [0.3, 0.4) is 0 Å². The summed E-state index contributed by atoms with van der Waals surface area (Å²) in [6.45, 7) is 6.37. The van der Waals surface area contributed by atoms with Crippen molar-refractivity contribution >= 4 is 0 Å². The predicted octanol–water partition coefficient (Wildman–Crippen LogP) is 2.81. The van der Waals surface area contributed by atoms with Gasteiger partial charge in [-0.05, 0) is 37.3 Å². The van der Waals surface area contributed by atoms with Crippen LogP contribution in [-0.2, 0) is 12.8 Å². The zero-order valence-corrected chi connectivity index (χ0v) is 12.6. The summed E-state index contributed by atoms with van der Waals surface area (Å²) >= 11 is 0. The average Bonchev–Trinajstić information content (AvgIpc) is 2.87. The van der Waals surface area contributed by atoms with E-state index in [0.29, 0.717) is 0 Å². The molecule has 1 atom stereocenters. The molecule has 0 amide bonds. The van der Waals surface area contributed by atoms with Crippen LogP contribution < -0.4 is 5.73 Å². The summed E-state index contributed by atoms with van der Waals surface area (Å²) in [5.74, 6) is 2.04. The van der Waals surface area contributed by atoms with E-state index in [1.807, 2.05) is 18.6 Å². The number of nitrogens with zero attached hydrogens (tertiary/aromatic N) is 3. The average molecular weight is 272 g/mol. The molecule has 20 heavy (non-hydrogen) atoms. The molecule has 108 valence electrons. The lowest BCUT2D eigenvalue weighted by Crippen LogP contribution is -2.21. The fourth-order valence-electron chi connectivity index (χ4n) is 2.37. The van der Waals surface area contributed by atoms with Gasteiger partial charge in [0.2, 0.25) is 0 Å². The molecular weight excluding hydrogens is 248 g/mol. The fourth-order valence-corrected chi connectivity index (χ4v) is 2.37. The summed E-state index contributed by atoms with van der Waals surface area (Å²) < 4.78 is 2.09. The molecule has 0 fully saturated rings. The number of pyridine rings is 1. The van der Waals surface area contributed by atoms with Crippen molar-refractivity contribution in [3.63, 3.8) is 0 Å². The minimum absolute atomic E-state index is 0.214. The Balaban J connectivity index is 2.27. The predicted molar refractivity (Wildman–Crippen MR) is 82.1 cm³/mol. The highest BCUT2D eigenvalue weighted by Gasteiger charge is 2.10. The van der Waals surface area contributed by atoms with Crippen molar-refractivity contribution in [3.05, 3.63) is 41.6 Å². The second kappa shape index (κ2) is 6.66. The normalized spacial score (nSPS) is 12.6. The summed E-state index contributed by atoms with van der Waals surface area (Å²) in [6, 6.07) is 2.40. The minimum Gasteiger partial charge on any atom is -0.327 e. The van der Waals surface area contributed by atoms with Gasteiger partial charge in [-0.3, -0.25) is 4.57 Å². The molecule has 2 heterocycles. The number of imidazole rings is 1. The molecule has 2 aromatic heterocycles. The molecule has 0 radical (unpaired) electrons. The Labute approximate surface area is 121 Å². The summed E-state index contributed by atoms with van der Waals surface area (Å²) in [4.78, 5) is 9.03. The van der Waals surface area contributed by atoms with Gasteiger partial charge in [0, 0.05) is 31.1 Å². The molecule has 0 aliphatic rings. The molecule has 0 spiro atoms. The lowest BCUT2D eigenvalue weighted by atomic mass is 10.1. The van der Waals surface area contributed by atoms with E-state index >= 15 is 0 Å². The third-order valence-electron chi connectivity index (χ3n) is 3.55. The van der Waals surface area contributed by atoms with Crippen molar-refractivity contribution < 1.29 is 0 Å². The Morgan fingerprint density at radius 1 is 1.30 bits per heavy atom. The lowest BCUT2D eigenvalue weighted by molar-refractivity contribution is 0.644. The molecule has 2 rings (SSSR count). The van der Waals surface area contributed by atoms with Crippen molar-refractivity contribution in [1.29, 1.82) is 0 Å². The number of aryl methyl sites for hydroxylation is 2. The Kier molecular flexibility index (Phi) is 4.90. The lowest BCUT2D eigenvalue weighted by Gasteiger charge is -2.13. The summed E-state index contributed by atoms with van der Waals surface area (Å²) in [6.07, 6.45) is 9.69. The highest BCUT2D eigenvalue weighted by molar-refractivity contribution is 5.36. The van der Waals surface area contributed by atoms with Gasteiger partial charge in [0.1, 0.15) is 11.6 Å². The monoisotopic (exact) mass is 272 g/mol. The maximum absolute atomic E-state index is 6.01. The zero-order valence-electron chi connectivity index (χ0n) is 12.6. The van der Waals surface area contributed by atoms with Crippen molar-refractivity contribution in [3.8, 4) is 5.82 Å². The summed E-state index contributed by atoms with van der Waals surface area (Å²) in [5, 5.41) is 0. The van der Waals surface area contributed by atoms with E-state index in [-0.39, 0.29) is 6.04 Å². The van der Waals surface area contributed by atoms with Crippen LogP contribution in [0.4, 0.5) is 0 Å². The molecule has 4 heteroatoms. The number of rotatable bonds is 6. The Morgan fingerprint density at radius 3 is 2.75 bits per heavy atom. The molecule has 4 nitrogen and oxygen atoms in total. The topological polar surface area (TPSA) is 56.7 Å². The molecule has 0 saturated carbocycles. The Hall–Kier alpha value is -1.68. The smallest absolute Gasteiger partial charge is 0.140 e. The third kappa shape index (κ3) is 3.25. The van der Waals surface area contributed by atoms with Gasteiger partial charge in [-0.2, -0.15) is 0 Å². The van der Waals surface area contributed by atoms with Crippen LogP contribution in [-0.4, -0.2) is 20.6 Å². The number of hydrogen-bond acceptors (Lipinski definition) is 3. The van der Waals surface area contributed by atoms with Crippen LogP contribution >= 0.6 is 0 Å². The van der Waals surface area contributed by atoms with Crippen molar-refractivity contribution in [2.75, 3.05) is 0 Å². The first kappa shape index (κ1) is 14.7. The second-order valence-electron chi connectivity index (χ2n) is 5.32. The van der Waals surface area contributed by atoms with Gasteiger partial charge in [-0.15, -0.1) is 0 Å². The largest absolute Gasteiger partial charge is 0.327 e. The van der Waals surface area contributed by atoms with Crippen LogP contribution in [0.15, 0.2) is 24.7 Å². The maximum Gasteiger partial charge on any atom is 0.140 e. The first-order valence-electron chi connectivity index (χ1n) is 7.39. The third-order valence-corrected chi connectivity index (χ3v) is 3.55. The summed E-state index contributed by atoms with van der Waals surface area (Å²) in [7, 11) is 0. The van der Waals surface area contributed by atoms with E-state index in [1.54, 1.807) is 0 Å². The van der Waals surface area contributed by atoms with Crippen LogP contribution in [0, 0.1) is 6.92 Å². The molecule has 0 bridgehead atoms. The van der Waals surface area contributed by atoms with Gasteiger partial charge >= 0.3 is 0 Å². The SMILES string of the molecule is CCCc1nccn1-c1ncc(CC(N)CC)cc1C. The van der Waals surface area contributed by atoms with Crippen molar-refractivity contribution in [2.24, 2.45) is 5.73 Å². The summed E-state index contributed by atoms with van der Waals surface area (Å²) in [5.41, 5.74) is 8.38. The zero-order chi connectivity index (χ0) is 14.5. The fraction of sp³-hybridized carbons (Fsp3) is 0.500. The van der Waals surface area contributed by atoms with Crippen molar-refractivity contribution in [2.45, 2.75) is 52.5 Å². The van der Waals surface area contributed by atoms with E-state index in [0.717, 1.165) is 37.3 Å². The van der Waals surface area contributed by atoms with Crippen molar-refractivity contribution in [1.82, 2.24) is 14.5 Å². The van der Waals surface area contributed by atoms with E-state index in [9.17, 15) is 0 Å². The van der Waals surface area contributed by atoms with Crippen LogP contribution in [0.2, 0.25) is 0 Å². The number of hydrogen-bond donors (Lipinski definition) is 1. The molecule has 0 aromatic carbocycles. The van der Waals surface area contributed by atoms with Gasteiger partial charge in [-0.25, -0.2) is 9.97 Å². The van der Waals surface area contributed by atoms with E-state index < -0.39 is 0 Å². The standard InChI is InChI=1S/C16H24N4/c1-4-6-15-18-7-8-20(15)16-12(3)9-13(11-19-16)10-14(17)5-2/h7-9,11,14H,4-6,10,17H2,1-3H3. The van der Waals surface area contributed by atoms with E-state index in [2.05, 4.69) is 41.4 Å². The van der Waals surface area contributed by atoms with Crippen LogP contribution in [0.1, 0.15) is 43.6 Å². The Bertz CT molecular complexity index is 559. The van der Waals surface area contributed by atoms with Gasteiger partial charge in [0.15, 0.2) is 0 Å². The molecule has 1 unspecified atom stereocenters. The highest BCUT2D eigenvalue weighted by Crippen LogP contribution is 2.16. The molecule has 2 aromatic rings. The van der Waals surface area contributed by atoms with Gasteiger partial charge < -0.3 is 5.73 Å². The van der Waals surface area contributed by atoms with Crippen LogP contribution in [0.5, 0.6) is 0 Å². The van der Waals surface area contributed by atoms with Crippen LogP contribution in [0.25, 0.3) is 5.82 Å². The highest BCUT2D eigenvalue weighted by atomic mass is 15.1. The first-order chi connectivity index (χ1) is 9.65. The van der Waals surface area contributed by atoms with E-state index in [1.165, 1.54) is 11.1 Å². The minimum atomic E-state index is 0.214. The van der Waals surface area contributed by atoms with Gasteiger partial charge in [0.05, 0.1) is 0 Å². The van der Waals surface area contributed by atoms with Gasteiger partial charge in [0.25, 0.3) is 0 Å². The molecule has 0 saturated heterocycles. The maximum atomic E-state index is 6.01. The van der Waals surface area contributed by atoms with Gasteiger partial charge in [-0.1, -0.05) is 19.9 Å². The molecule has 0 aliphatic heterocycles. The number of nitrogens with two attached hydrogens (primary N) is 1. The molecule has 0 aliphatic carbocycles. The quantitative estimate of drug-likeness (QED) is 0.879. The first-order valence-corrected chi connectivity index (χ1v) is 7.39. The van der Waals surface area contributed by atoms with E-state index in [4.69, 9.17) is 5.73 Å². The second-order valence-corrected chi connectivity index (χ2v) is 5.32. The molecule has 2 N–H and O–H groups in total. The number of aromatic nitrogens is 3.